The molecule has 0 aliphatic carbocycles. The Morgan fingerprint density at radius 3 is 2.52 bits per heavy atom. The number of nitrogens with zero attached hydrogens (tertiary/aromatic N) is 1. The van der Waals surface area contributed by atoms with Crippen molar-refractivity contribution >= 4 is 11.7 Å². The predicted molar refractivity (Wildman–Crippen MR) is 98.1 cm³/mol. The summed E-state index contributed by atoms with van der Waals surface area (Å²) < 4.78 is 5.92. The first kappa shape index (κ1) is 17.3. The lowest BCUT2D eigenvalue weighted by Gasteiger charge is -2.31. The first-order valence-electron chi connectivity index (χ1n) is 8.66. The van der Waals surface area contributed by atoms with E-state index in [1.165, 1.54) is 5.56 Å². The number of aryl methyl sites for hydroxylation is 1. The van der Waals surface area contributed by atoms with E-state index in [-0.39, 0.29) is 12.6 Å². The molecule has 0 aromatic heterocycles. The van der Waals surface area contributed by atoms with E-state index in [2.05, 4.69) is 5.32 Å². The molecule has 1 aliphatic rings. The lowest BCUT2D eigenvalue weighted by atomic mass is 9.98. The monoisotopic (exact) mass is 340 g/mol. The summed E-state index contributed by atoms with van der Waals surface area (Å²) in [4.78, 5) is 14.3. The Kier molecular flexibility index (Phi) is 5.56. The molecule has 2 N–H and O–H groups in total. The van der Waals surface area contributed by atoms with Gasteiger partial charge in [0.1, 0.15) is 5.75 Å². The highest BCUT2D eigenvalue weighted by Gasteiger charge is 2.22. The molecule has 1 saturated heterocycles. The first-order chi connectivity index (χ1) is 12.2. The van der Waals surface area contributed by atoms with Crippen LogP contribution in [0, 0.1) is 12.8 Å². The van der Waals surface area contributed by atoms with Gasteiger partial charge in [-0.1, -0.05) is 29.8 Å². The molecule has 5 heteroatoms. The van der Waals surface area contributed by atoms with Crippen molar-refractivity contribution in [1.29, 1.82) is 0 Å². The number of nitrogens with one attached hydrogen (secondary N) is 1. The predicted octanol–water partition coefficient (Wildman–Crippen LogP) is 4.02. The van der Waals surface area contributed by atoms with Crippen LogP contribution in [-0.4, -0.2) is 35.7 Å². The number of anilines is 1. The van der Waals surface area contributed by atoms with Gasteiger partial charge in [0.2, 0.25) is 0 Å². The maximum absolute atomic E-state index is 12.5. The molecule has 1 aliphatic heterocycles. The van der Waals surface area contributed by atoms with Gasteiger partial charge in [0, 0.05) is 19.7 Å². The number of rotatable bonds is 4. The Labute approximate surface area is 148 Å². The number of para-hydroxylation sites is 2. The van der Waals surface area contributed by atoms with Crippen molar-refractivity contribution in [2.24, 2.45) is 5.92 Å². The number of hydrogen-bond donors (Lipinski definition) is 2. The number of aliphatic hydroxyl groups excluding tert-OH is 1. The van der Waals surface area contributed by atoms with Crippen molar-refractivity contribution in [3.05, 3.63) is 54.1 Å². The van der Waals surface area contributed by atoms with Gasteiger partial charge >= 0.3 is 6.03 Å². The first-order valence-corrected chi connectivity index (χ1v) is 8.66. The second kappa shape index (κ2) is 8.03. The van der Waals surface area contributed by atoms with Crippen LogP contribution < -0.4 is 10.1 Å². The van der Waals surface area contributed by atoms with Crippen LogP contribution in [0.15, 0.2) is 48.5 Å². The Morgan fingerprint density at radius 2 is 1.84 bits per heavy atom. The van der Waals surface area contributed by atoms with Crippen LogP contribution in [0.3, 0.4) is 0 Å². The van der Waals surface area contributed by atoms with Gasteiger partial charge in [-0.05, 0) is 49.9 Å². The van der Waals surface area contributed by atoms with Gasteiger partial charge in [0.25, 0.3) is 0 Å². The highest BCUT2D eigenvalue weighted by molar-refractivity contribution is 5.91. The molecule has 2 aromatic rings. The van der Waals surface area contributed by atoms with Crippen LogP contribution in [0.2, 0.25) is 0 Å². The van der Waals surface area contributed by atoms with Gasteiger partial charge < -0.3 is 20.1 Å². The van der Waals surface area contributed by atoms with Gasteiger partial charge in [-0.25, -0.2) is 4.79 Å². The fraction of sp³-hybridized carbons (Fsp3) is 0.350. The average molecular weight is 340 g/mol. The standard InChI is InChI=1S/C20H24N2O3/c1-15-6-8-17(9-7-15)25-19-5-3-2-4-18(19)21-20(24)22-12-10-16(14-23)11-13-22/h2-9,16,23H,10-14H2,1H3,(H,21,24). The van der Waals surface area contributed by atoms with Crippen LogP contribution in [0.5, 0.6) is 11.5 Å². The lowest BCUT2D eigenvalue weighted by molar-refractivity contribution is 0.143. The summed E-state index contributed by atoms with van der Waals surface area (Å²) in [5, 5.41) is 12.2. The molecule has 2 amide bonds. The van der Waals surface area contributed by atoms with E-state index < -0.39 is 0 Å². The van der Waals surface area contributed by atoms with E-state index in [1.807, 2.05) is 55.5 Å². The van der Waals surface area contributed by atoms with Crippen LogP contribution in [0.1, 0.15) is 18.4 Å². The topological polar surface area (TPSA) is 61.8 Å². The summed E-state index contributed by atoms with van der Waals surface area (Å²) in [5.41, 5.74) is 1.82. The molecule has 0 saturated carbocycles. The Bertz CT molecular complexity index is 707. The van der Waals surface area contributed by atoms with Crippen LogP contribution in [0.25, 0.3) is 0 Å². The summed E-state index contributed by atoms with van der Waals surface area (Å²) >= 11 is 0. The minimum atomic E-state index is -0.128. The molecule has 2 aromatic carbocycles. The number of benzene rings is 2. The smallest absolute Gasteiger partial charge is 0.321 e. The van der Waals surface area contributed by atoms with Gasteiger partial charge in [-0.3, -0.25) is 0 Å². The van der Waals surface area contributed by atoms with Crippen molar-refractivity contribution in [2.45, 2.75) is 19.8 Å². The van der Waals surface area contributed by atoms with E-state index >= 15 is 0 Å². The number of aliphatic hydroxyl groups is 1. The quantitative estimate of drug-likeness (QED) is 0.883. The molecule has 3 rings (SSSR count). The zero-order valence-corrected chi connectivity index (χ0v) is 14.4. The van der Waals surface area contributed by atoms with Crippen LogP contribution >= 0.6 is 0 Å². The van der Waals surface area contributed by atoms with Crippen molar-refractivity contribution in [1.82, 2.24) is 4.90 Å². The fourth-order valence-corrected chi connectivity index (χ4v) is 2.91. The summed E-state index contributed by atoms with van der Waals surface area (Å²) in [6, 6.07) is 15.1. The molecule has 0 bridgehead atoms. The number of ether oxygens (including phenoxy) is 1. The summed E-state index contributed by atoms with van der Waals surface area (Å²) in [6.45, 7) is 3.55. The number of likely N-dealkylation sites (tertiary alicyclic amines) is 1. The normalized spacial score (nSPS) is 15.0. The van der Waals surface area contributed by atoms with E-state index in [4.69, 9.17) is 4.74 Å². The maximum atomic E-state index is 12.5. The highest BCUT2D eigenvalue weighted by atomic mass is 16.5. The maximum Gasteiger partial charge on any atom is 0.321 e. The third-order valence-electron chi connectivity index (χ3n) is 4.54. The van der Waals surface area contributed by atoms with E-state index in [0.717, 1.165) is 18.6 Å². The van der Waals surface area contributed by atoms with Gasteiger partial charge in [0.15, 0.2) is 5.75 Å². The van der Waals surface area contributed by atoms with Crippen molar-refractivity contribution in [3.63, 3.8) is 0 Å². The zero-order valence-electron chi connectivity index (χ0n) is 14.4. The lowest BCUT2D eigenvalue weighted by Crippen LogP contribution is -2.41. The van der Waals surface area contributed by atoms with Gasteiger partial charge in [-0.2, -0.15) is 0 Å². The van der Waals surface area contributed by atoms with Crippen LogP contribution in [0.4, 0.5) is 10.5 Å². The highest BCUT2D eigenvalue weighted by Crippen LogP contribution is 2.30. The molecule has 5 nitrogen and oxygen atoms in total. The number of carbonyl (C=O) groups excluding carboxylic acids is 1. The molecule has 0 radical (unpaired) electrons. The number of hydrogen-bond acceptors (Lipinski definition) is 3. The third kappa shape index (κ3) is 4.51. The molecule has 1 fully saturated rings. The third-order valence-corrected chi connectivity index (χ3v) is 4.54. The van der Waals surface area contributed by atoms with Crippen molar-refractivity contribution in [3.8, 4) is 11.5 Å². The number of piperidine rings is 1. The molecule has 1 heterocycles. The van der Waals surface area contributed by atoms with Gasteiger partial charge in [0.05, 0.1) is 5.69 Å². The molecule has 0 atom stereocenters. The Balaban J connectivity index is 1.66. The Hall–Kier alpha value is -2.53. The number of urea groups is 1. The zero-order chi connectivity index (χ0) is 17.6. The largest absolute Gasteiger partial charge is 0.455 e. The second-order valence-corrected chi connectivity index (χ2v) is 6.45. The molecule has 132 valence electrons. The summed E-state index contributed by atoms with van der Waals surface area (Å²) in [6.07, 6.45) is 1.68. The molecular weight excluding hydrogens is 316 g/mol. The van der Waals surface area contributed by atoms with Crippen LogP contribution in [-0.2, 0) is 0 Å². The number of amides is 2. The molecule has 0 spiro atoms. The minimum absolute atomic E-state index is 0.128. The van der Waals surface area contributed by atoms with Crippen molar-refractivity contribution < 1.29 is 14.6 Å². The van der Waals surface area contributed by atoms with Gasteiger partial charge in [-0.15, -0.1) is 0 Å². The van der Waals surface area contributed by atoms with E-state index in [1.54, 1.807) is 4.90 Å². The van der Waals surface area contributed by atoms with E-state index in [9.17, 15) is 9.90 Å². The molecule has 0 unspecified atom stereocenters. The Morgan fingerprint density at radius 1 is 1.16 bits per heavy atom. The SMILES string of the molecule is Cc1ccc(Oc2ccccc2NC(=O)N2CCC(CO)CC2)cc1. The number of carbonyl (C=O) groups is 1. The molecular formula is C20H24N2O3. The molecule has 25 heavy (non-hydrogen) atoms. The fourth-order valence-electron chi connectivity index (χ4n) is 2.91. The minimum Gasteiger partial charge on any atom is -0.455 e. The van der Waals surface area contributed by atoms with E-state index in [0.29, 0.717) is 30.4 Å². The summed E-state index contributed by atoms with van der Waals surface area (Å²) in [5.74, 6) is 1.65. The second-order valence-electron chi connectivity index (χ2n) is 6.45. The van der Waals surface area contributed by atoms with Crippen molar-refractivity contribution in [2.75, 3.05) is 25.0 Å². The summed E-state index contributed by atoms with van der Waals surface area (Å²) in [7, 11) is 0. The average Bonchev–Trinajstić information content (AvgIpc) is 2.65.